The largest absolute Gasteiger partial charge is 0.759 e. The van der Waals surface area contributed by atoms with E-state index in [1.54, 1.807) is 0 Å². The van der Waals surface area contributed by atoms with Gasteiger partial charge in [-0.05, 0) is 52.0 Å². The van der Waals surface area contributed by atoms with Crippen LogP contribution in [0.4, 0.5) is 0 Å². The highest BCUT2D eigenvalue weighted by Crippen LogP contribution is 2.06. The Labute approximate surface area is 167 Å². The summed E-state index contributed by atoms with van der Waals surface area (Å²) >= 11 is 0. The van der Waals surface area contributed by atoms with Gasteiger partial charge in [-0.2, -0.15) is 0 Å². The van der Waals surface area contributed by atoms with Gasteiger partial charge in [0.2, 0.25) is 0 Å². The maximum atomic E-state index is 8.52. The molecule has 0 aliphatic carbocycles. The second-order valence-corrected chi connectivity index (χ2v) is 7.06. The van der Waals surface area contributed by atoms with Gasteiger partial charge in [0, 0.05) is 10.4 Å². The van der Waals surface area contributed by atoms with Crippen LogP contribution >= 0.6 is 0 Å². The molecule has 0 fully saturated rings. The van der Waals surface area contributed by atoms with Crippen molar-refractivity contribution < 1.29 is 26.5 Å². The van der Waals surface area contributed by atoms with E-state index in [2.05, 4.69) is 54.0 Å². The van der Waals surface area contributed by atoms with Crippen LogP contribution in [0.25, 0.3) is 0 Å². The maximum absolute atomic E-state index is 8.52. The molecule has 0 saturated heterocycles. The fourth-order valence-electron chi connectivity index (χ4n) is 2.72. The molecule has 0 aromatic rings. The summed E-state index contributed by atoms with van der Waals surface area (Å²) in [5.74, 6) is 0. The van der Waals surface area contributed by atoms with E-state index in [0.29, 0.717) is 0 Å². The average molecular weight is 405 g/mol. The van der Waals surface area contributed by atoms with Crippen LogP contribution < -0.4 is 0 Å². The zero-order valence-corrected chi connectivity index (χ0v) is 18.5. The lowest BCUT2D eigenvalue weighted by Gasteiger charge is -2.34. The van der Waals surface area contributed by atoms with E-state index in [1.165, 1.54) is 0 Å². The van der Waals surface area contributed by atoms with Crippen molar-refractivity contribution in [2.45, 2.75) is 27.7 Å². The van der Waals surface area contributed by atoms with Crippen molar-refractivity contribution in [2.24, 2.45) is 0 Å². The third kappa shape index (κ3) is 17.9. The van der Waals surface area contributed by atoms with Crippen molar-refractivity contribution in [3.63, 3.8) is 0 Å². The first kappa shape index (κ1) is 30.5. The highest BCUT2D eigenvalue weighted by atomic mass is 32.3. The summed E-state index contributed by atoms with van der Waals surface area (Å²) in [7, 11) is -5.17. The Morgan fingerprint density at radius 2 is 0.778 bits per heavy atom. The van der Waals surface area contributed by atoms with Gasteiger partial charge in [-0.3, -0.25) is 8.42 Å². The van der Waals surface area contributed by atoms with Crippen LogP contribution in [0.3, 0.4) is 0 Å². The van der Waals surface area contributed by atoms with Crippen molar-refractivity contribution >= 4 is 10.4 Å². The monoisotopic (exact) mass is 404 g/mol. The normalized spacial score (nSPS) is 11.2. The fourth-order valence-corrected chi connectivity index (χ4v) is 2.72. The molecule has 6 nitrogen and oxygen atoms in total. The molecular weight excluding hydrogens is 364 g/mol. The molecule has 0 aliphatic rings. The van der Waals surface area contributed by atoms with Gasteiger partial charge >= 0.3 is 0 Å². The minimum absolute atomic E-state index is 1.05. The summed E-state index contributed by atoms with van der Waals surface area (Å²) in [4.78, 5) is 0. The smallest absolute Gasteiger partial charge is 0.0973 e. The third-order valence-corrected chi connectivity index (χ3v) is 4.75. The highest BCUT2D eigenvalue weighted by molar-refractivity contribution is 7.79. The Hall–Kier alpha value is -1.25. The standard InChI is InChI=1S/2C10H20N.H2O4S/c2*1-5-9-11(7-3,8-4)10-6-2;1-5(2,3)4/h2*5-6H,1-2,7-10H2,3-4H3;(H2,1,2,3,4)/q2*+1;/p-2. The zero-order valence-electron chi connectivity index (χ0n) is 17.7. The van der Waals surface area contributed by atoms with E-state index in [0.717, 1.165) is 61.3 Å². The number of likely N-dealkylation sites (N-methyl/N-ethyl adjacent to an activating group) is 2. The summed E-state index contributed by atoms with van der Waals surface area (Å²) in [5.41, 5.74) is 0. The lowest BCUT2D eigenvalue weighted by atomic mass is 10.3. The first-order valence-corrected chi connectivity index (χ1v) is 10.6. The molecule has 0 aromatic carbocycles. The number of nitrogens with zero attached hydrogens (tertiary/aromatic N) is 2. The zero-order chi connectivity index (χ0) is 22.0. The van der Waals surface area contributed by atoms with Gasteiger partial charge in [0.05, 0.1) is 52.4 Å². The van der Waals surface area contributed by atoms with Gasteiger partial charge in [0.15, 0.2) is 0 Å². The molecule has 7 heteroatoms. The van der Waals surface area contributed by atoms with E-state index >= 15 is 0 Å². The molecule has 0 aromatic heterocycles. The predicted molar refractivity (Wildman–Crippen MR) is 113 cm³/mol. The van der Waals surface area contributed by atoms with E-state index in [9.17, 15) is 0 Å². The molecule has 0 bridgehead atoms. The van der Waals surface area contributed by atoms with Gasteiger partial charge in [0.1, 0.15) is 0 Å². The quantitative estimate of drug-likeness (QED) is 0.217. The van der Waals surface area contributed by atoms with Gasteiger partial charge in [0.25, 0.3) is 0 Å². The summed E-state index contributed by atoms with van der Waals surface area (Å²) in [6, 6.07) is 0. The summed E-state index contributed by atoms with van der Waals surface area (Å²) in [6.45, 7) is 32.8. The van der Waals surface area contributed by atoms with Crippen LogP contribution in [-0.4, -0.2) is 78.8 Å². The van der Waals surface area contributed by atoms with Crippen LogP contribution in [0.2, 0.25) is 0 Å². The van der Waals surface area contributed by atoms with Crippen LogP contribution in [-0.2, 0) is 10.4 Å². The minimum atomic E-state index is -5.17. The molecule has 0 amide bonds. The number of quaternary nitrogens is 2. The molecule has 0 saturated carbocycles. The number of hydrogen-bond donors (Lipinski definition) is 0. The van der Waals surface area contributed by atoms with Crippen molar-refractivity contribution in [1.29, 1.82) is 0 Å². The predicted octanol–water partition coefficient (Wildman–Crippen LogP) is 3.09. The van der Waals surface area contributed by atoms with Crippen LogP contribution in [0.5, 0.6) is 0 Å². The molecule has 0 unspecified atom stereocenters. The Morgan fingerprint density at radius 3 is 0.852 bits per heavy atom. The lowest BCUT2D eigenvalue weighted by molar-refractivity contribution is -0.914. The molecule has 0 atom stereocenters. The topological polar surface area (TPSA) is 80.3 Å². The second-order valence-electron chi connectivity index (χ2n) is 6.24. The van der Waals surface area contributed by atoms with Gasteiger partial charge in [-0.25, -0.2) is 0 Å². The summed E-state index contributed by atoms with van der Waals surface area (Å²) in [6.07, 6.45) is 7.99. The van der Waals surface area contributed by atoms with Crippen molar-refractivity contribution in [3.05, 3.63) is 50.6 Å². The molecule has 0 heterocycles. The first-order valence-electron chi connectivity index (χ1n) is 9.29. The number of hydrogen-bond acceptors (Lipinski definition) is 4. The molecule has 0 N–H and O–H groups in total. The average Bonchev–Trinajstić information content (AvgIpc) is 2.60. The Bertz CT molecular complexity index is 444. The number of rotatable bonds is 12. The summed E-state index contributed by atoms with van der Waals surface area (Å²) in [5, 5.41) is 0. The lowest BCUT2D eigenvalue weighted by Crippen LogP contribution is -2.47. The van der Waals surface area contributed by atoms with E-state index in [1.807, 2.05) is 24.3 Å². The Kier molecular flexibility index (Phi) is 19.1. The molecule has 0 spiro atoms. The first-order chi connectivity index (χ1) is 12.5. The molecular formula is C20H40N2O4S. The van der Waals surface area contributed by atoms with Crippen molar-refractivity contribution in [1.82, 2.24) is 0 Å². The van der Waals surface area contributed by atoms with E-state index < -0.39 is 10.4 Å². The third-order valence-electron chi connectivity index (χ3n) is 4.75. The Morgan fingerprint density at radius 1 is 0.630 bits per heavy atom. The highest BCUT2D eigenvalue weighted by Gasteiger charge is 2.19. The molecule has 0 radical (unpaired) electrons. The molecule has 160 valence electrons. The molecule has 0 rings (SSSR count). The fraction of sp³-hybridized carbons (Fsp3) is 0.600. The van der Waals surface area contributed by atoms with E-state index in [-0.39, 0.29) is 0 Å². The van der Waals surface area contributed by atoms with E-state index in [4.69, 9.17) is 17.5 Å². The molecule has 27 heavy (non-hydrogen) atoms. The van der Waals surface area contributed by atoms with Crippen LogP contribution in [0.15, 0.2) is 50.6 Å². The van der Waals surface area contributed by atoms with Crippen LogP contribution in [0.1, 0.15) is 27.7 Å². The summed E-state index contributed by atoms with van der Waals surface area (Å²) < 4.78 is 36.3. The van der Waals surface area contributed by atoms with Crippen molar-refractivity contribution in [3.8, 4) is 0 Å². The minimum Gasteiger partial charge on any atom is -0.759 e. The second kappa shape index (κ2) is 16.9. The Balaban J connectivity index is -0.000000344. The van der Waals surface area contributed by atoms with Gasteiger partial charge in [-0.1, -0.05) is 26.3 Å². The van der Waals surface area contributed by atoms with Gasteiger partial charge in [-0.15, -0.1) is 0 Å². The SMILES string of the molecule is C=CC[N+](CC)(CC)CC=C.C=CC[N+](CC)(CC)CC=C.O=S(=O)([O-])[O-]. The molecule has 0 aliphatic heterocycles. The van der Waals surface area contributed by atoms with Gasteiger partial charge < -0.3 is 18.1 Å². The van der Waals surface area contributed by atoms with Crippen molar-refractivity contribution in [2.75, 3.05) is 52.4 Å². The van der Waals surface area contributed by atoms with Crippen LogP contribution in [0, 0.1) is 0 Å². The maximum Gasteiger partial charge on any atom is 0.0973 e.